The van der Waals surface area contributed by atoms with E-state index in [2.05, 4.69) is 21.5 Å². The summed E-state index contributed by atoms with van der Waals surface area (Å²) >= 11 is 1.75. The molecule has 2 N–H and O–H groups in total. The van der Waals surface area contributed by atoms with Gasteiger partial charge in [0.05, 0.1) is 6.26 Å². The Balaban J connectivity index is 1.60. The second-order valence-electron chi connectivity index (χ2n) is 6.20. The van der Waals surface area contributed by atoms with Crippen LogP contribution in [0.4, 0.5) is 11.4 Å². The zero-order chi connectivity index (χ0) is 18.0. The fourth-order valence-electron chi connectivity index (χ4n) is 2.87. The standard InChI is InChI=1S/C17H21N3O3S2/c1-12(17(21)20-9-7-16-13(11-20)8-10-24-16)18-14-3-5-15(6-4-14)19-25(2,22)23/h3-6,8,10,12,18-19H,7,9,11H2,1-2H3. The number of rotatable bonds is 5. The third kappa shape index (κ3) is 4.52. The number of carbonyl (C=O) groups is 1. The third-order valence-corrected chi connectivity index (χ3v) is 5.69. The molecule has 0 saturated heterocycles. The first-order valence-electron chi connectivity index (χ1n) is 8.00. The summed E-state index contributed by atoms with van der Waals surface area (Å²) in [5.41, 5.74) is 2.51. The largest absolute Gasteiger partial charge is 0.374 e. The van der Waals surface area contributed by atoms with Crippen LogP contribution in [0.1, 0.15) is 17.4 Å². The second-order valence-corrected chi connectivity index (χ2v) is 8.95. The molecule has 2 aromatic rings. The zero-order valence-electron chi connectivity index (χ0n) is 14.2. The van der Waals surface area contributed by atoms with E-state index in [4.69, 9.17) is 0 Å². The van der Waals surface area contributed by atoms with Crippen molar-refractivity contribution in [2.75, 3.05) is 22.8 Å². The third-order valence-electron chi connectivity index (χ3n) is 4.06. The Morgan fingerprint density at radius 3 is 2.56 bits per heavy atom. The molecule has 0 aliphatic carbocycles. The topological polar surface area (TPSA) is 78.5 Å². The van der Waals surface area contributed by atoms with Crippen molar-refractivity contribution in [2.45, 2.75) is 25.9 Å². The Morgan fingerprint density at radius 1 is 1.20 bits per heavy atom. The Labute approximate surface area is 151 Å². The van der Waals surface area contributed by atoms with Crippen molar-refractivity contribution in [3.63, 3.8) is 0 Å². The summed E-state index contributed by atoms with van der Waals surface area (Å²) in [4.78, 5) is 15.9. The molecule has 2 heterocycles. The van der Waals surface area contributed by atoms with Gasteiger partial charge in [0.1, 0.15) is 6.04 Å². The van der Waals surface area contributed by atoms with Crippen molar-refractivity contribution in [2.24, 2.45) is 0 Å². The van der Waals surface area contributed by atoms with E-state index in [1.807, 2.05) is 11.8 Å². The molecule has 1 aliphatic rings. The minimum Gasteiger partial charge on any atom is -0.374 e. The quantitative estimate of drug-likeness (QED) is 0.837. The highest BCUT2D eigenvalue weighted by atomic mass is 32.2. The molecule has 8 heteroatoms. The number of sulfonamides is 1. The van der Waals surface area contributed by atoms with E-state index in [9.17, 15) is 13.2 Å². The first-order chi connectivity index (χ1) is 11.8. The van der Waals surface area contributed by atoms with Crippen LogP contribution in [-0.2, 0) is 27.8 Å². The average molecular weight is 380 g/mol. The van der Waals surface area contributed by atoms with Crippen molar-refractivity contribution in [3.05, 3.63) is 46.2 Å². The number of fused-ring (bicyclic) bond motifs is 1. The highest BCUT2D eigenvalue weighted by Crippen LogP contribution is 2.24. The Hall–Kier alpha value is -2.06. The van der Waals surface area contributed by atoms with Crippen LogP contribution in [0, 0.1) is 0 Å². The molecular formula is C17H21N3O3S2. The predicted octanol–water partition coefficient (Wildman–Crippen LogP) is 2.50. The predicted molar refractivity (Wildman–Crippen MR) is 101 cm³/mol. The number of hydrogen-bond acceptors (Lipinski definition) is 5. The normalized spacial score (nSPS) is 15.4. The first-order valence-corrected chi connectivity index (χ1v) is 10.8. The van der Waals surface area contributed by atoms with Gasteiger partial charge >= 0.3 is 0 Å². The maximum Gasteiger partial charge on any atom is 0.245 e. The SMILES string of the molecule is CC(Nc1ccc(NS(C)(=O)=O)cc1)C(=O)N1CCc2sccc2C1. The average Bonchev–Trinajstić information content (AvgIpc) is 3.02. The first kappa shape index (κ1) is 17.8. The summed E-state index contributed by atoms with van der Waals surface area (Å²) in [6.45, 7) is 3.25. The van der Waals surface area contributed by atoms with Crippen LogP contribution >= 0.6 is 11.3 Å². The van der Waals surface area contributed by atoms with E-state index >= 15 is 0 Å². The molecule has 0 spiro atoms. The van der Waals surface area contributed by atoms with Crippen LogP contribution in [-0.4, -0.2) is 38.1 Å². The van der Waals surface area contributed by atoms with E-state index in [0.717, 1.165) is 24.9 Å². The molecule has 0 bridgehead atoms. The number of hydrogen-bond donors (Lipinski definition) is 2. The summed E-state index contributed by atoms with van der Waals surface area (Å²) in [6, 6.07) is 8.58. The van der Waals surface area contributed by atoms with Crippen molar-refractivity contribution in [1.29, 1.82) is 0 Å². The van der Waals surface area contributed by atoms with E-state index in [1.165, 1.54) is 10.4 Å². The molecular weight excluding hydrogens is 358 g/mol. The van der Waals surface area contributed by atoms with Crippen molar-refractivity contribution in [1.82, 2.24) is 4.90 Å². The molecule has 1 atom stereocenters. The Bertz CT molecular complexity index is 860. The minimum absolute atomic E-state index is 0.0650. The molecule has 6 nitrogen and oxygen atoms in total. The van der Waals surface area contributed by atoms with Crippen LogP contribution in [0.3, 0.4) is 0 Å². The zero-order valence-corrected chi connectivity index (χ0v) is 15.8. The number of nitrogens with one attached hydrogen (secondary N) is 2. The molecule has 1 unspecified atom stereocenters. The van der Waals surface area contributed by atoms with Crippen LogP contribution in [0.5, 0.6) is 0 Å². The summed E-state index contributed by atoms with van der Waals surface area (Å²) < 4.78 is 24.9. The van der Waals surface area contributed by atoms with Gasteiger partial charge in [-0.25, -0.2) is 8.42 Å². The minimum atomic E-state index is -3.29. The van der Waals surface area contributed by atoms with Crippen LogP contribution in [0.25, 0.3) is 0 Å². The van der Waals surface area contributed by atoms with Gasteiger partial charge in [-0.15, -0.1) is 11.3 Å². The van der Waals surface area contributed by atoms with Gasteiger partial charge in [0.2, 0.25) is 15.9 Å². The van der Waals surface area contributed by atoms with E-state index in [1.54, 1.807) is 35.6 Å². The van der Waals surface area contributed by atoms with E-state index in [0.29, 0.717) is 12.2 Å². The van der Waals surface area contributed by atoms with Gasteiger partial charge in [-0.2, -0.15) is 0 Å². The molecule has 1 amide bonds. The molecule has 25 heavy (non-hydrogen) atoms. The summed E-state index contributed by atoms with van der Waals surface area (Å²) in [5, 5.41) is 5.26. The van der Waals surface area contributed by atoms with Gasteiger partial charge in [-0.3, -0.25) is 9.52 Å². The van der Waals surface area contributed by atoms with Gasteiger partial charge < -0.3 is 10.2 Å². The molecule has 0 radical (unpaired) electrons. The maximum atomic E-state index is 12.7. The lowest BCUT2D eigenvalue weighted by molar-refractivity contribution is -0.132. The lowest BCUT2D eigenvalue weighted by Crippen LogP contribution is -2.43. The molecule has 1 aromatic carbocycles. The van der Waals surface area contributed by atoms with Crippen LogP contribution < -0.4 is 10.0 Å². The highest BCUT2D eigenvalue weighted by Gasteiger charge is 2.25. The summed E-state index contributed by atoms with van der Waals surface area (Å²) in [7, 11) is -3.29. The number of benzene rings is 1. The van der Waals surface area contributed by atoms with Crippen molar-refractivity contribution >= 4 is 38.6 Å². The Morgan fingerprint density at radius 2 is 1.88 bits per heavy atom. The van der Waals surface area contributed by atoms with Crippen molar-refractivity contribution in [3.8, 4) is 0 Å². The van der Waals surface area contributed by atoms with E-state index in [-0.39, 0.29) is 11.9 Å². The monoisotopic (exact) mass is 379 g/mol. The number of nitrogens with zero attached hydrogens (tertiary/aromatic N) is 1. The van der Waals surface area contributed by atoms with Gasteiger partial charge in [0.25, 0.3) is 0 Å². The summed E-state index contributed by atoms with van der Waals surface area (Å²) in [5.74, 6) is 0.0650. The van der Waals surface area contributed by atoms with Crippen molar-refractivity contribution < 1.29 is 13.2 Å². The fraction of sp³-hybridized carbons (Fsp3) is 0.353. The van der Waals surface area contributed by atoms with Gasteiger partial charge in [0.15, 0.2) is 0 Å². The smallest absolute Gasteiger partial charge is 0.245 e. The number of amides is 1. The highest BCUT2D eigenvalue weighted by molar-refractivity contribution is 7.92. The lowest BCUT2D eigenvalue weighted by Gasteiger charge is -2.30. The van der Waals surface area contributed by atoms with Gasteiger partial charge in [-0.05, 0) is 54.6 Å². The molecule has 0 saturated carbocycles. The Kier molecular flexibility index (Phi) is 5.01. The molecule has 1 aromatic heterocycles. The van der Waals surface area contributed by atoms with E-state index < -0.39 is 10.0 Å². The lowest BCUT2D eigenvalue weighted by atomic mass is 10.1. The summed E-state index contributed by atoms with van der Waals surface area (Å²) in [6.07, 6.45) is 2.02. The van der Waals surface area contributed by atoms with Gasteiger partial charge in [0, 0.05) is 29.3 Å². The van der Waals surface area contributed by atoms with Gasteiger partial charge in [-0.1, -0.05) is 0 Å². The molecule has 3 rings (SSSR count). The second kappa shape index (κ2) is 7.05. The molecule has 0 fully saturated rings. The number of thiophene rings is 1. The molecule has 1 aliphatic heterocycles. The number of carbonyl (C=O) groups excluding carboxylic acids is 1. The fourth-order valence-corrected chi connectivity index (χ4v) is 4.32. The maximum absolute atomic E-state index is 12.7. The van der Waals surface area contributed by atoms with Crippen LogP contribution in [0.15, 0.2) is 35.7 Å². The number of anilines is 2. The molecule has 134 valence electrons. The van der Waals surface area contributed by atoms with Crippen LogP contribution in [0.2, 0.25) is 0 Å².